The lowest BCUT2D eigenvalue weighted by molar-refractivity contribution is 0.913. The molecule has 0 saturated heterocycles. The summed E-state index contributed by atoms with van der Waals surface area (Å²) in [4.78, 5) is 5.06. The number of hydrogen-bond acceptors (Lipinski definition) is 1. The maximum atomic E-state index is 5.06. The molecule has 1 aliphatic rings. The Labute approximate surface area is 330 Å². The quantitative estimate of drug-likeness (QED) is 0.162. The third kappa shape index (κ3) is 4.62. The molecular formula is C55H36N2. The van der Waals surface area contributed by atoms with Crippen LogP contribution in [0.4, 0.5) is 0 Å². The van der Waals surface area contributed by atoms with Gasteiger partial charge in [-0.1, -0.05) is 171 Å². The zero-order chi connectivity index (χ0) is 37.6. The van der Waals surface area contributed by atoms with E-state index in [1.54, 1.807) is 0 Å². The SMILES string of the molecule is CCc1nc2ccccc2n1-c1ccc(-c2c3ccccc3c(-c3ccc4c5c(cccc35)-c3ccccc3-4)c3ccc(-c4ccccc4)cc23)c2ccccc12. The number of aromatic nitrogens is 2. The van der Waals surface area contributed by atoms with Crippen LogP contribution in [0.25, 0.3) is 115 Å². The van der Waals surface area contributed by atoms with Gasteiger partial charge in [-0.05, 0) is 118 Å². The van der Waals surface area contributed by atoms with Crippen LogP contribution in [0.5, 0.6) is 0 Å². The fourth-order valence-corrected chi connectivity index (χ4v) is 9.87. The normalized spacial score (nSPS) is 12.0. The monoisotopic (exact) mass is 724 g/mol. The van der Waals surface area contributed by atoms with Crippen molar-refractivity contribution in [1.29, 1.82) is 0 Å². The molecule has 0 N–H and O–H groups in total. The topological polar surface area (TPSA) is 17.8 Å². The van der Waals surface area contributed by atoms with Crippen molar-refractivity contribution in [2.75, 3.05) is 0 Å². The van der Waals surface area contributed by atoms with Gasteiger partial charge in [0, 0.05) is 11.8 Å². The van der Waals surface area contributed by atoms with E-state index >= 15 is 0 Å². The molecule has 12 rings (SSSR count). The van der Waals surface area contributed by atoms with E-state index in [4.69, 9.17) is 4.98 Å². The minimum Gasteiger partial charge on any atom is -0.296 e. The van der Waals surface area contributed by atoms with Crippen molar-refractivity contribution in [2.45, 2.75) is 13.3 Å². The average Bonchev–Trinajstić information content (AvgIpc) is 3.82. The van der Waals surface area contributed by atoms with Gasteiger partial charge in [-0.15, -0.1) is 0 Å². The maximum absolute atomic E-state index is 5.06. The molecule has 0 aliphatic heterocycles. The van der Waals surface area contributed by atoms with Crippen molar-refractivity contribution in [2.24, 2.45) is 0 Å². The van der Waals surface area contributed by atoms with Gasteiger partial charge < -0.3 is 0 Å². The summed E-state index contributed by atoms with van der Waals surface area (Å²) in [7, 11) is 0. The van der Waals surface area contributed by atoms with Crippen LogP contribution in [0.2, 0.25) is 0 Å². The number of benzene rings is 10. The second kappa shape index (κ2) is 12.4. The maximum Gasteiger partial charge on any atom is 0.114 e. The molecule has 10 aromatic carbocycles. The highest BCUT2D eigenvalue weighted by Crippen LogP contribution is 2.52. The van der Waals surface area contributed by atoms with Crippen LogP contribution in [0.1, 0.15) is 12.7 Å². The molecule has 0 bridgehead atoms. The molecule has 0 atom stereocenters. The van der Waals surface area contributed by atoms with Crippen LogP contribution >= 0.6 is 0 Å². The highest BCUT2D eigenvalue weighted by Gasteiger charge is 2.25. The fourth-order valence-electron chi connectivity index (χ4n) is 9.87. The van der Waals surface area contributed by atoms with E-state index < -0.39 is 0 Å². The zero-order valence-electron chi connectivity index (χ0n) is 31.5. The number of rotatable bonds is 5. The van der Waals surface area contributed by atoms with Crippen molar-refractivity contribution in [3.8, 4) is 61.3 Å². The molecule has 11 aromatic rings. The van der Waals surface area contributed by atoms with Crippen molar-refractivity contribution in [1.82, 2.24) is 9.55 Å². The van der Waals surface area contributed by atoms with Gasteiger partial charge in [0.25, 0.3) is 0 Å². The van der Waals surface area contributed by atoms with E-state index in [2.05, 4.69) is 200 Å². The molecule has 1 aliphatic carbocycles. The standard InChI is InChI=1S/C55H36N2/c1-2-52-56-49-25-12-13-26-51(49)57(52)50-32-31-45(38-19-8-9-20-39(38)50)55-42-22-11-10-21-41(42)54(47-28-27-35(33-48(47)55)34-15-4-3-5-16-34)46-30-29-44-37-18-7-6-17-36(37)40-23-14-24-43(46)53(40)44/h3-33H,2H2,1H3. The largest absolute Gasteiger partial charge is 0.296 e. The zero-order valence-corrected chi connectivity index (χ0v) is 31.5. The lowest BCUT2D eigenvalue weighted by Gasteiger charge is -2.21. The predicted molar refractivity (Wildman–Crippen MR) is 241 cm³/mol. The molecule has 0 spiro atoms. The second-order valence-electron chi connectivity index (χ2n) is 15.2. The van der Waals surface area contributed by atoms with Gasteiger partial charge in [0.1, 0.15) is 5.82 Å². The molecule has 0 amide bonds. The van der Waals surface area contributed by atoms with Crippen LogP contribution < -0.4 is 0 Å². The first kappa shape index (κ1) is 32.0. The summed E-state index contributed by atoms with van der Waals surface area (Å²) < 4.78 is 2.36. The molecule has 57 heavy (non-hydrogen) atoms. The molecule has 2 heteroatoms. The van der Waals surface area contributed by atoms with Gasteiger partial charge >= 0.3 is 0 Å². The number of nitrogens with zero attached hydrogens (tertiary/aromatic N) is 2. The van der Waals surface area contributed by atoms with Gasteiger partial charge in [0.05, 0.1) is 16.7 Å². The minimum atomic E-state index is 0.840. The number of para-hydroxylation sites is 2. The molecule has 0 radical (unpaired) electrons. The summed E-state index contributed by atoms with van der Waals surface area (Å²) in [6, 6.07) is 69.5. The Morgan fingerprint density at radius 3 is 1.74 bits per heavy atom. The Kier molecular flexibility index (Phi) is 6.94. The van der Waals surface area contributed by atoms with E-state index in [0.29, 0.717) is 0 Å². The van der Waals surface area contributed by atoms with E-state index in [1.807, 2.05) is 0 Å². The molecular weight excluding hydrogens is 689 g/mol. The van der Waals surface area contributed by atoms with Crippen LogP contribution in [0.3, 0.4) is 0 Å². The van der Waals surface area contributed by atoms with Crippen molar-refractivity contribution in [3.05, 3.63) is 194 Å². The van der Waals surface area contributed by atoms with Gasteiger partial charge in [-0.2, -0.15) is 0 Å². The molecule has 0 unspecified atom stereocenters. The molecule has 0 saturated carbocycles. The minimum absolute atomic E-state index is 0.840. The first-order chi connectivity index (χ1) is 28.3. The van der Waals surface area contributed by atoms with Crippen molar-refractivity contribution >= 4 is 54.1 Å². The van der Waals surface area contributed by atoms with Gasteiger partial charge in [-0.25, -0.2) is 4.98 Å². The third-order valence-electron chi connectivity index (χ3n) is 12.3. The molecule has 2 nitrogen and oxygen atoms in total. The Morgan fingerprint density at radius 1 is 0.386 bits per heavy atom. The predicted octanol–water partition coefficient (Wildman–Crippen LogP) is 14.8. The molecule has 1 heterocycles. The van der Waals surface area contributed by atoms with Crippen LogP contribution in [-0.2, 0) is 6.42 Å². The average molecular weight is 725 g/mol. The number of imidazole rings is 1. The number of aryl methyl sites for hydroxylation is 1. The highest BCUT2D eigenvalue weighted by atomic mass is 15.1. The van der Waals surface area contributed by atoms with Gasteiger partial charge in [0.15, 0.2) is 0 Å². The van der Waals surface area contributed by atoms with Crippen molar-refractivity contribution in [3.63, 3.8) is 0 Å². The third-order valence-corrected chi connectivity index (χ3v) is 12.3. The summed E-state index contributed by atoms with van der Waals surface area (Å²) in [6.07, 6.45) is 0.840. The summed E-state index contributed by atoms with van der Waals surface area (Å²) >= 11 is 0. The van der Waals surface area contributed by atoms with E-state index in [0.717, 1.165) is 29.0 Å². The van der Waals surface area contributed by atoms with Crippen LogP contribution in [-0.4, -0.2) is 9.55 Å². The molecule has 1 aromatic heterocycles. The summed E-state index contributed by atoms with van der Waals surface area (Å²) in [6.45, 7) is 2.19. The van der Waals surface area contributed by atoms with Gasteiger partial charge in [0.2, 0.25) is 0 Å². The Balaban J connectivity index is 1.20. The molecule has 266 valence electrons. The van der Waals surface area contributed by atoms with Crippen LogP contribution in [0.15, 0.2) is 188 Å². The van der Waals surface area contributed by atoms with Gasteiger partial charge in [-0.3, -0.25) is 4.57 Å². The van der Waals surface area contributed by atoms with E-state index in [1.165, 1.54) is 98.7 Å². The molecule has 0 fully saturated rings. The van der Waals surface area contributed by atoms with E-state index in [9.17, 15) is 0 Å². The Morgan fingerprint density at radius 2 is 0.947 bits per heavy atom. The van der Waals surface area contributed by atoms with Crippen LogP contribution in [0, 0.1) is 0 Å². The number of hydrogen-bond donors (Lipinski definition) is 0. The van der Waals surface area contributed by atoms with Crippen molar-refractivity contribution < 1.29 is 0 Å². The second-order valence-corrected chi connectivity index (χ2v) is 15.2. The summed E-state index contributed by atoms with van der Waals surface area (Å²) in [5.41, 5.74) is 16.0. The lowest BCUT2D eigenvalue weighted by Crippen LogP contribution is -2.01. The van der Waals surface area contributed by atoms with E-state index in [-0.39, 0.29) is 0 Å². The smallest absolute Gasteiger partial charge is 0.114 e. The number of fused-ring (bicyclic) bond motifs is 7. The first-order valence-corrected chi connectivity index (χ1v) is 20.0. The first-order valence-electron chi connectivity index (χ1n) is 20.0. The summed E-state index contributed by atoms with van der Waals surface area (Å²) in [5.74, 6) is 1.07. The Hall–Kier alpha value is -7.29. The lowest BCUT2D eigenvalue weighted by atomic mass is 9.82. The summed E-state index contributed by atoms with van der Waals surface area (Å²) in [5, 5.41) is 10.1. The Bertz CT molecular complexity index is 3410. The highest BCUT2D eigenvalue weighted by molar-refractivity contribution is 6.28. The fraction of sp³-hybridized carbons (Fsp3) is 0.0364.